The third-order valence-corrected chi connectivity index (χ3v) is 34.3. The van der Waals surface area contributed by atoms with Crippen LogP contribution in [0.15, 0.2) is 0 Å². The molecule has 620 valence electrons. The molecule has 106 heavy (non-hydrogen) atoms. The van der Waals surface area contributed by atoms with Crippen LogP contribution in [0.5, 0.6) is 0 Å². The van der Waals surface area contributed by atoms with Crippen LogP contribution in [0.4, 0.5) is 0 Å². The van der Waals surface area contributed by atoms with Gasteiger partial charge in [-0.05, 0) is 384 Å². The van der Waals surface area contributed by atoms with Crippen molar-refractivity contribution in [1.29, 1.82) is 0 Å². The van der Waals surface area contributed by atoms with E-state index in [-0.39, 0.29) is 0 Å². The highest BCUT2D eigenvalue weighted by molar-refractivity contribution is 5.18. The van der Waals surface area contributed by atoms with E-state index in [1.54, 1.807) is 0 Å². The SMILES string of the molecule is CC(C)(C)N1CC2CCCC2(CN)C1.CC(C)(C)N1C[C@H]2CCCC[C@@]2(CN)C1.CC(C)(C)N1C[C@H]2CCC[C@@]2(CN)C1.CC(C)(C)N1C[C@H]2CCC[C@@]2(CN)C1.CC1(C)C2CC3CN(C(C)(C)C)CC3(CN)C1C2.CC1C[C@@H]2CN(C(C)(C)C)C[C@]2(CN)C1.CCC1C[C@@H]2CN(C(C)(C)C)C[C@]2(CN)C1. The van der Waals surface area contributed by atoms with Gasteiger partial charge in [0.1, 0.15) is 0 Å². The first-order valence-electron chi connectivity index (χ1n) is 45.1. The summed E-state index contributed by atoms with van der Waals surface area (Å²) in [5, 5.41) is 0. The van der Waals surface area contributed by atoms with Gasteiger partial charge >= 0.3 is 0 Å². The molecule has 0 amide bonds. The maximum Gasteiger partial charge on any atom is 0.0125 e. The fourth-order valence-electron chi connectivity index (χ4n) is 26.0. The predicted octanol–water partition coefficient (Wildman–Crippen LogP) is 15.1. The molecule has 8 unspecified atom stereocenters. The van der Waals surface area contributed by atoms with E-state index in [1.807, 2.05) is 0 Å². The standard InChI is InChI=1S/C16H30N2.C14H28N2.2C13H26N2.3C12H24N2/c1-14(2,3)18-8-12-6-11-7-13(15(11,4)5)16(12,9-17)10-18;1-5-11-6-12-8-16(13(2,3)4)10-14(12,7-11)9-15;1-10-5-11-7-15(12(2,3)4)9-13(11,6-10)8-14;1-12(2,3)15-8-11-6-4-5-7-13(11,9-14)10-15;3*1-11(2,3)14-7-10-5-4-6-12(10,8-13)9-14/h11-13H,6-10,17H2,1-5H3;11-12H,5-10,15H2,1-4H3;10-11H,5-9,14H2,1-4H3;11H,4-10,14H2,1-3H3;3*10H,4-9,13H2,1-3H3/t;11?,12-,14-;10?,11-,13-;11-,13-;2*10-,12-;/m.11111./s1. The van der Waals surface area contributed by atoms with E-state index in [0.29, 0.717) is 82.1 Å². The topological polar surface area (TPSA) is 205 Å². The molecule has 14 nitrogen and oxygen atoms in total. The lowest BCUT2D eigenvalue weighted by molar-refractivity contribution is -0.169. The monoisotopic (exact) mass is 1480 g/mol. The van der Waals surface area contributed by atoms with Crippen molar-refractivity contribution < 1.29 is 0 Å². The first kappa shape index (κ1) is 89.4. The largest absolute Gasteiger partial charge is 0.330 e. The summed E-state index contributed by atoms with van der Waals surface area (Å²) in [5.41, 5.74) is 48.5. The number of nitrogens with two attached hydrogens (primary N) is 7. The summed E-state index contributed by atoms with van der Waals surface area (Å²) in [6, 6.07) is 0. The number of likely N-dealkylation sites (tertiary alicyclic amines) is 7. The third-order valence-electron chi connectivity index (χ3n) is 34.3. The van der Waals surface area contributed by atoms with Crippen LogP contribution in [0.2, 0.25) is 0 Å². The lowest BCUT2D eigenvalue weighted by Gasteiger charge is -2.66. The zero-order chi connectivity index (χ0) is 78.9. The summed E-state index contributed by atoms with van der Waals surface area (Å²) < 4.78 is 0. The first-order valence-corrected chi connectivity index (χ1v) is 45.1. The number of hydrogen-bond acceptors (Lipinski definition) is 14. The Morgan fingerprint density at radius 1 is 0.292 bits per heavy atom. The Labute approximate surface area is 657 Å². The Kier molecular flexibility index (Phi) is 27.7. The van der Waals surface area contributed by atoms with Crippen molar-refractivity contribution >= 4 is 0 Å². The van der Waals surface area contributed by atoms with Crippen LogP contribution < -0.4 is 40.1 Å². The molecular weight excluding hydrogens is 1300 g/mol. The van der Waals surface area contributed by atoms with Crippen molar-refractivity contribution in [3.63, 3.8) is 0 Å². The van der Waals surface area contributed by atoms with Gasteiger partial charge in [0, 0.05) is 136 Å². The van der Waals surface area contributed by atoms with Gasteiger partial charge in [0.2, 0.25) is 0 Å². The molecule has 16 rings (SSSR count). The molecule has 9 saturated carbocycles. The van der Waals surface area contributed by atoms with Crippen LogP contribution in [0.3, 0.4) is 0 Å². The summed E-state index contributed by atoms with van der Waals surface area (Å²) >= 11 is 0. The van der Waals surface area contributed by atoms with Gasteiger partial charge < -0.3 is 40.1 Å². The molecule has 9 aliphatic carbocycles. The summed E-state index contributed by atoms with van der Waals surface area (Å²) in [6.07, 6.45) is 27.8. The second-order valence-electron chi connectivity index (χ2n) is 47.8. The van der Waals surface area contributed by atoms with E-state index < -0.39 is 0 Å². The van der Waals surface area contributed by atoms with Crippen molar-refractivity contribution in [3.05, 3.63) is 0 Å². The van der Waals surface area contributed by atoms with Crippen molar-refractivity contribution in [1.82, 2.24) is 34.3 Å². The van der Waals surface area contributed by atoms with Gasteiger partial charge in [0.05, 0.1) is 0 Å². The van der Waals surface area contributed by atoms with E-state index in [1.165, 1.54) is 220 Å². The average Bonchev–Trinajstić information content (AvgIpc) is 1.27. The highest BCUT2D eigenvalue weighted by Gasteiger charge is 2.67. The average molecular weight is 1480 g/mol. The Morgan fingerprint density at radius 3 is 0.858 bits per heavy atom. The van der Waals surface area contributed by atoms with Crippen LogP contribution in [0, 0.1) is 108 Å². The lowest BCUT2D eigenvalue weighted by Crippen LogP contribution is -2.64. The Balaban J connectivity index is 0.000000143. The molecule has 14 N–H and O–H groups in total. The Bertz CT molecular complexity index is 2650. The van der Waals surface area contributed by atoms with Crippen LogP contribution in [0.1, 0.15) is 302 Å². The van der Waals surface area contributed by atoms with Crippen molar-refractivity contribution in [2.24, 2.45) is 149 Å². The Hall–Kier alpha value is -0.560. The second kappa shape index (κ2) is 32.8. The quantitative estimate of drug-likeness (QED) is 0.121. The minimum atomic E-state index is 0.300. The minimum absolute atomic E-state index is 0.300. The fraction of sp³-hybridized carbons (Fsp3) is 1.00. The molecular formula is C92H182N14. The van der Waals surface area contributed by atoms with Crippen molar-refractivity contribution in [3.8, 4) is 0 Å². The number of hydrogen-bond donors (Lipinski definition) is 7. The Morgan fingerprint density at radius 2 is 0.575 bits per heavy atom. The zero-order valence-corrected chi connectivity index (χ0v) is 75.0. The van der Waals surface area contributed by atoms with Crippen LogP contribution in [0.25, 0.3) is 0 Å². The molecule has 0 spiro atoms. The van der Waals surface area contributed by atoms with Gasteiger partial charge in [0.15, 0.2) is 0 Å². The molecule has 18 atom stereocenters. The molecule has 16 aliphatic rings. The first-order chi connectivity index (χ1) is 48.9. The smallest absolute Gasteiger partial charge is 0.0125 e. The van der Waals surface area contributed by atoms with E-state index >= 15 is 0 Å². The summed E-state index contributed by atoms with van der Waals surface area (Å²) in [7, 11) is 0. The van der Waals surface area contributed by atoms with Crippen molar-refractivity contribution in [2.45, 2.75) is 340 Å². The third kappa shape index (κ3) is 18.5. The molecule has 7 saturated heterocycles. The molecule has 0 aromatic carbocycles. The fourth-order valence-corrected chi connectivity index (χ4v) is 26.0. The summed E-state index contributed by atoms with van der Waals surface area (Å²) in [5.74, 6) is 9.76. The highest BCUT2D eigenvalue weighted by Crippen LogP contribution is 2.70. The summed E-state index contributed by atoms with van der Waals surface area (Å²) in [6.45, 7) is 82.3. The maximum absolute atomic E-state index is 6.29. The molecule has 0 aromatic heterocycles. The van der Waals surface area contributed by atoms with Gasteiger partial charge in [-0.1, -0.05) is 66.2 Å². The normalized spacial score (nSPS) is 40.8. The molecule has 16 fully saturated rings. The van der Waals surface area contributed by atoms with Crippen LogP contribution in [-0.4, -0.2) is 211 Å². The predicted molar refractivity (Wildman–Crippen MR) is 456 cm³/mol. The van der Waals surface area contributed by atoms with E-state index in [2.05, 4.69) is 207 Å². The van der Waals surface area contributed by atoms with Gasteiger partial charge in [0.25, 0.3) is 0 Å². The molecule has 7 aliphatic heterocycles. The molecule has 2 bridgehead atoms. The number of rotatable bonds is 8. The molecule has 0 radical (unpaired) electrons. The van der Waals surface area contributed by atoms with Gasteiger partial charge in [-0.15, -0.1) is 0 Å². The molecule has 14 heteroatoms. The van der Waals surface area contributed by atoms with Crippen LogP contribution >= 0.6 is 0 Å². The van der Waals surface area contributed by atoms with E-state index in [0.717, 1.165) is 111 Å². The van der Waals surface area contributed by atoms with Crippen LogP contribution in [-0.2, 0) is 0 Å². The van der Waals surface area contributed by atoms with Gasteiger partial charge in [-0.3, -0.25) is 34.3 Å². The van der Waals surface area contributed by atoms with Gasteiger partial charge in [-0.2, -0.15) is 0 Å². The second-order valence-corrected chi connectivity index (χ2v) is 47.8. The van der Waals surface area contributed by atoms with Crippen molar-refractivity contribution in [2.75, 3.05) is 137 Å². The summed E-state index contributed by atoms with van der Waals surface area (Å²) in [4.78, 5) is 18.5. The number of nitrogens with zero attached hydrogens (tertiary/aromatic N) is 7. The lowest BCUT2D eigenvalue weighted by atomic mass is 9.38. The number of fused-ring (bicyclic) bond motifs is 6. The van der Waals surface area contributed by atoms with Gasteiger partial charge in [-0.25, -0.2) is 0 Å². The highest BCUT2D eigenvalue weighted by atomic mass is 15.3. The minimum Gasteiger partial charge on any atom is -0.330 e. The zero-order valence-electron chi connectivity index (χ0n) is 75.0. The maximum atomic E-state index is 6.29. The molecule has 0 aromatic rings. The molecule has 7 heterocycles. The van der Waals surface area contributed by atoms with E-state index in [9.17, 15) is 0 Å². The van der Waals surface area contributed by atoms with E-state index in [4.69, 9.17) is 40.1 Å².